The predicted molar refractivity (Wildman–Crippen MR) is 166 cm³/mol. The topological polar surface area (TPSA) is 172 Å². The van der Waals surface area contributed by atoms with Gasteiger partial charge in [-0.15, -0.1) is 22.1 Å². The predicted octanol–water partition coefficient (Wildman–Crippen LogP) is 4.15. The molecule has 0 fully saturated rings. The maximum absolute atomic E-state index is 13.8. The Hall–Kier alpha value is -3.15. The van der Waals surface area contributed by atoms with Crippen molar-refractivity contribution in [2.24, 2.45) is 0 Å². The Balaban J connectivity index is 0.00000400. The van der Waals surface area contributed by atoms with Crippen molar-refractivity contribution in [1.82, 2.24) is 19.9 Å². The Morgan fingerprint density at radius 2 is 1.58 bits per heavy atom. The first-order valence-electron chi connectivity index (χ1n) is 15.2. The third-order valence-corrected chi connectivity index (χ3v) is 9.60. The van der Waals surface area contributed by atoms with Gasteiger partial charge in [0.2, 0.25) is 0 Å². The SMILES string of the molecule is CCC1=C(C)c2cc3[n-]c(cc4nc(c5c6[n-]c(cc1n2)c(C)c6C(=O)C5C(O)O)C(CCC(O)O)C4C)c(C)c3C(C)O.[Cu+2]. The van der Waals surface area contributed by atoms with E-state index in [1.54, 1.807) is 13.8 Å². The van der Waals surface area contributed by atoms with Crippen molar-refractivity contribution >= 4 is 39.0 Å². The summed E-state index contributed by atoms with van der Waals surface area (Å²) >= 11 is 0. The van der Waals surface area contributed by atoms with Crippen molar-refractivity contribution in [3.63, 3.8) is 0 Å². The van der Waals surface area contributed by atoms with Crippen molar-refractivity contribution < 1.29 is 47.4 Å². The summed E-state index contributed by atoms with van der Waals surface area (Å²) in [5, 5.41) is 51.3. The fourth-order valence-corrected chi connectivity index (χ4v) is 7.22. The Kier molecular flexibility index (Phi) is 9.02. The van der Waals surface area contributed by atoms with E-state index in [2.05, 4.69) is 6.92 Å². The average molecular weight is 662 g/mol. The van der Waals surface area contributed by atoms with Crippen LogP contribution >= 0.6 is 0 Å². The molecule has 5 N–H and O–H groups in total. The number of nitrogens with zero attached hydrogens (tertiary/aromatic N) is 4. The minimum absolute atomic E-state index is 0. The molecule has 5 heterocycles. The van der Waals surface area contributed by atoms with Gasteiger partial charge in [-0.3, -0.25) is 9.78 Å². The minimum Gasteiger partial charge on any atom is -0.657 e. The zero-order valence-corrected chi connectivity index (χ0v) is 27.0. The van der Waals surface area contributed by atoms with Crippen LogP contribution in [0.15, 0.2) is 18.2 Å². The van der Waals surface area contributed by atoms with E-state index in [1.165, 1.54) is 0 Å². The summed E-state index contributed by atoms with van der Waals surface area (Å²) in [6.07, 6.45) is -3.18. The number of aliphatic hydroxyl groups excluding tert-OH is 3. The molecule has 4 atom stereocenters. The van der Waals surface area contributed by atoms with Crippen LogP contribution in [0.2, 0.25) is 0 Å². The molecule has 45 heavy (non-hydrogen) atoms. The number of ketones is 1. The van der Waals surface area contributed by atoms with Gasteiger partial charge in [0.1, 0.15) is 0 Å². The second-order valence-electron chi connectivity index (χ2n) is 12.3. The van der Waals surface area contributed by atoms with E-state index < -0.39 is 30.4 Å². The largest absolute Gasteiger partial charge is 2.00 e. The van der Waals surface area contributed by atoms with Gasteiger partial charge in [0.15, 0.2) is 18.4 Å². The summed E-state index contributed by atoms with van der Waals surface area (Å²) in [6.45, 7) is 11.5. The number of Topliss-reactive ketones (excluding diaryl/α,β-unsaturated/α-hetero) is 1. The molecule has 4 unspecified atom stereocenters. The summed E-state index contributed by atoms with van der Waals surface area (Å²) in [7, 11) is 0. The molecule has 241 valence electrons. The number of allylic oxidation sites excluding steroid dienone is 2. The number of aromatic nitrogens is 4. The number of carbonyl (C=O) groups excluding carboxylic acids is 1. The molecule has 1 aliphatic carbocycles. The Morgan fingerprint density at radius 1 is 0.911 bits per heavy atom. The number of carbonyl (C=O) groups is 1. The molecule has 8 bridgehead atoms. The molecular formula is C34H38CuN4O6. The zero-order valence-electron chi connectivity index (χ0n) is 26.1. The molecule has 11 heteroatoms. The molecule has 3 aromatic rings. The van der Waals surface area contributed by atoms with E-state index in [9.17, 15) is 30.3 Å². The van der Waals surface area contributed by atoms with Crippen molar-refractivity contribution in [1.29, 1.82) is 0 Å². The number of aryl methyl sites for hydroxylation is 2. The van der Waals surface area contributed by atoms with Gasteiger partial charge in [0, 0.05) is 28.8 Å². The molecule has 3 aliphatic rings. The van der Waals surface area contributed by atoms with Gasteiger partial charge in [-0.1, -0.05) is 43.2 Å². The molecule has 0 spiro atoms. The third kappa shape index (κ3) is 5.30. The van der Waals surface area contributed by atoms with Crippen molar-refractivity contribution in [2.45, 2.75) is 97.2 Å². The van der Waals surface area contributed by atoms with Crippen LogP contribution in [-0.2, 0) is 17.1 Å². The van der Waals surface area contributed by atoms with Gasteiger partial charge in [-0.25, -0.2) is 4.98 Å². The summed E-state index contributed by atoms with van der Waals surface area (Å²) in [6, 6.07) is 5.64. The summed E-state index contributed by atoms with van der Waals surface area (Å²) in [5.41, 5.74) is 9.65. The third-order valence-electron chi connectivity index (χ3n) is 9.60. The average Bonchev–Trinajstić information content (AvgIpc) is 3.68. The monoisotopic (exact) mass is 661 g/mol. The Labute approximate surface area is 271 Å². The molecule has 0 amide bonds. The smallest absolute Gasteiger partial charge is 0.657 e. The fraction of sp³-hybridized carbons (Fsp3) is 0.441. The molecule has 0 aromatic carbocycles. The van der Waals surface area contributed by atoms with E-state index >= 15 is 0 Å². The van der Waals surface area contributed by atoms with Crippen LogP contribution in [0.3, 0.4) is 0 Å². The van der Waals surface area contributed by atoms with E-state index in [-0.39, 0.29) is 35.3 Å². The second-order valence-corrected chi connectivity index (χ2v) is 12.3. The number of hydrogen-bond donors (Lipinski definition) is 5. The van der Waals surface area contributed by atoms with Crippen molar-refractivity contribution in [2.75, 3.05) is 0 Å². The van der Waals surface area contributed by atoms with Crippen LogP contribution in [0.25, 0.3) is 33.2 Å². The van der Waals surface area contributed by atoms with Crippen molar-refractivity contribution in [3.05, 3.63) is 68.8 Å². The number of rotatable bonds is 6. The van der Waals surface area contributed by atoms with Gasteiger partial charge >= 0.3 is 17.1 Å². The minimum atomic E-state index is -1.97. The van der Waals surface area contributed by atoms with Crippen LogP contribution in [0.4, 0.5) is 0 Å². The first kappa shape index (κ1) is 33.2. The van der Waals surface area contributed by atoms with Gasteiger partial charge in [-0.05, 0) is 69.2 Å². The standard InChI is InChI=1S/C34H39N4O6.Cu/c1-7-18-13(2)20-12-25-27(17(6)39)15(4)22(36-25)10-21-14(3)19(8-9-26(40)41)31(37-21)29-30(34(43)44)33(42)28-16(5)23(38-32(28)29)11-24(18)35-20;/h10-12,14,17,19,26,30,34,39-41,43-44H,7-9H2,1-6H3,(H-,35,36,37,38,42);/q-1;+2/p-1. The van der Waals surface area contributed by atoms with Crippen LogP contribution in [-0.4, -0.2) is 53.9 Å². The van der Waals surface area contributed by atoms with Crippen molar-refractivity contribution in [3.8, 4) is 0 Å². The number of aliphatic hydroxyl groups is 5. The molecular weight excluding hydrogens is 624 g/mol. The molecule has 2 aliphatic heterocycles. The number of fused-ring (bicyclic) bond motifs is 8. The van der Waals surface area contributed by atoms with Gasteiger partial charge in [-0.2, -0.15) is 0 Å². The van der Waals surface area contributed by atoms with Gasteiger partial charge < -0.3 is 35.5 Å². The molecule has 0 saturated heterocycles. The molecule has 0 saturated carbocycles. The zero-order chi connectivity index (χ0) is 31.8. The summed E-state index contributed by atoms with van der Waals surface area (Å²) in [5.74, 6) is -2.29. The number of hydrogen-bond acceptors (Lipinski definition) is 8. The Morgan fingerprint density at radius 3 is 2.20 bits per heavy atom. The normalized spacial score (nSPS) is 20.0. The second kappa shape index (κ2) is 12.2. The first-order chi connectivity index (χ1) is 20.8. The molecule has 1 radical (unpaired) electrons. The van der Waals surface area contributed by atoms with Gasteiger partial charge in [0.25, 0.3) is 0 Å². The summed E-state index contributed by atoms with van der Waals surface area (Å²) in [4.78, 5) is 33.6. The quantitative estimate of drug-likeness (QED) is 0.191. The maximum atomic E-state index is 13.8. The first-order valence-corrected chi connectivity index (χ1v) is 15.2. The molecule has 6 rings (SSSR count). The van der Waals surface area contributed by atoms with Crippen LogP contribution in [0.5, 0.6) is 0 Å². The van der Waals surface area contributed by atoms with Crippen LogP contribution in [0, 0.1) is 13.8 Å². The maximum Gasteiger partial charge on any atom is 2.00 e. The Bertz CT molecular complexity index is 1890. The fourth-order valence-electron chi connectivity index (χ4n) is 7.22. The molecule has 10 nitrogen and oxygen atoms in total. The summed E-state index contributed by atoms with van der Waals surface area (Å²) < 4.78 is 0. The van der Waals surface area contributed by atoms with E-state index in [0.717, 1.165) is 28.1 Å². The van der Waals surface area contributed by atoms with Gasteiger partial charge in [0.05, 0.1) is 23.4 Å². The van der Waals surface area contributed by atoms with Crippen LogP contribution in [0.1, 0.15) is 126 Å². The molecule has 3 aromatic heterocycles. The van der Waals surface area contributed by atoms with Crippen LogP contribution < -0.4 is 9.97 Å². The van der Waals surface area contributed by atoms with E-state index in [0.29, 0.717) is 68.6 Å². The van der Waals surface area contributed by atoms with E-state index in [1.807, 2.05) is 39.0 Å². The van der Waals surface area contributed by atoms with E-state index in [4.69, 9.17) is 19.9 Å².